The average Bonchev–Trinajstić information content (AvgIpc) is 3.25. The Morgan fingerprint density at radius 3 is 2.61 bits per heavy atom. The molecule has 1 aliphatic rings. The van der Waals surface area contributed by atoms with Crippen LogP contribution in [-0.4, -0.2) is 38.9 Å². The zero-order valence-electron chi connectivity index (χ0n) is 19.1. The molecule has 170 valence electrons. The van der Waals surface area contributed by atoms with E-state index in [-0.39, 0.29) is 5.56 Å². The first kappa shape index (κ1) is 21.5. The van der Waals surface area contributed by atoms with Crippen molar-refractivity contribution >= 4 is 10.9 Å². The average molecular weight is 443 g/mol. The molecule has 0 spiro atoms. The maximum Gasteiger partial charge on any atom is 0.258 e. The number of aromatic nitrogens is 3. The van der Waals surface area contributed by atoms with Crippen LogP contribution in [0.1, 0.15) is 25.3 Å². The van der Waals surface area contributed by atoms with Gasteiger partial charge in [-0.2, -0.15) is 5.10 Å². The standard InChI is InChI=1S/C27H30N4O2/c1-21-9-12-29(13-10-21)15-16-31-26-8-7-24(17-23(26)19-28-31)30-14-11-25(18-27(30)32)33-20-22-5-3-2-4-6-22/h2-8,11,14,17-19,21H,9-10,12-13,15-16,20H2,1H3. The molecule has 0 amide bonds. The Balaban J connectivity index is 1.27. The van der Waals surface area contributed by atoms with Crippen LogP contribution >= 0.6 is 0 Å². The van der Waals surface area contributed by atoms with Crippen molar-refractivity contribution in [3.05, 3.63) is 89.0 Å². The number of fused-ring (bicyclic) bond motifs is 1. The highest BCUT2D eigenvalue weighted by Gasteiger charge is 2.16. The Bertz CT molecular complexity index is 1270. The molecule has 1 fully saturated rings. The van der Waals surface area contributed by atoms with Crippen LogP contribution in [0.25, 0.3) is 16.6 Å². The van der Waals surface area contributed by atoms with Crippen molar-refractivity contribution < 1.29 is 4.74 Å². The molecule has 0 aliphatic carbocycles. The van der Waals surface area contributed by atoms with E-state index in [0.717, 1.165) is 41.2 Å². The number of benzene rings is 2. The minimum absolute atomic E-state index is 0.119. The maximum absolute atomic E-state index is 12.8. The number of piperidine rings is 1. The molecule has 2 aromatic heterocycles. The van der Waals surface area contributed by atoms with Crippen LogP contribution in [0.4, 0.5) is 0 Å². The lowest BCUT2D eigenvalue weighted by Gasteiger charge is -2.30. The van der Waals surface area contributed by atoms with Crippen LogP contribution in [0, 0.1) is 5.92 Å². The monoisotopic (exact) mass is 442 g/mol. The summed E-state index contributed by atoms with van der Waals surface area (Å²) in [6.45, 7) is 7.04. The molecule has 0 radical (unpaired) electrons. The zero-order chi connectivity index (χ0) is 22.6. The Morgan fingerprint density at radius 2 is 1.82 bits per heavy atom. The van der Waals surface area contributed by atoms with Crippen molar-refractivity contribution in [1.82, 2.24) is 19.2 Å². The third-order valence-electron chi connectivity index (χ3n) is 6.55. The number of nitrogens with zero attached hydrogens (tertiary/aromatic N) is 4. The fourth-order valence-electron chi connectivity index (χ4n) is 4.43. The first-order valence-corrected chi connectivity index (χ1v) is 11.7. The number of ether oxygens (including phenoxy) is 1. The van der Waals surface area contributed by atoms with Gasteiger partial charge >= 0.3 is 0 Å². The summed E-state index contributed by atoms with van der Waals surface area (Å²) < 4.78 is 9.50. The van der Waals surface area contributed by atoms with Gasteiger partial charge in [-0.25, -0.2) is 0 Å². The topological polar surface area (TPSA) is 52.3 Å². The van der Waals surface area contributed by atoms with Gasteiger partial charge in [0.25, 0.3) is 5.56 Å². The summed E-state index contributed by atoms with van der Waals surface area (Å²) in [5.41, 5.74) is 2.87. The van der Waals surface area contributed by atoms with Gasteiger partial charge in [-0.05, 0) is 61.7 Å². The molecular formula is C27H30N4O2. The highest BCUT2D eigenvalue weighted by molar-refractivity contribution is 5.80. The van der Waals surface area contributed by atoms with Crippen LogP contribution in [0.3, 0.4) is 0 Å². The number of rotatable bonds is 7. The van der Waals surface area contributed by atoms with Crippen LogP contribution in [0.2, 0.25) is 0 Å². The van der Waals surface area contributed by atoms with Crippen LogP contribution in [-0.2, 0) is 13.2 Å². The minimum Gasteiger partial charge on any atom is -0.489 e. The van der Waals surface area contributed by atoms with Gasteiger partial charge in [-0.1, -0.05) is 37.3 Å². The molecule has 0 bridgehead atoms. The Kier molecular flexibility index (Phi) is 6.26. The quantitative estimate of drug-likeness (QED) is 0.423. The van der Waals surface area contributed by atoms with Crippen molar-refractivity contribution in [2.75, 3.05) is 19.6 Å². The van der Waals surface area contributed by atoms with Gasteiger partial charge in [-0.15, -0.1) is 0 Å². The molecule has 1 saturated heterocycles. The number of hydrogen-bond acceptors (Lipinski definition) is 4. The molecule has 0 unspecified atom stereocenters. The fourth-order valence-corrected chi connectivity index (χ4v) is 4.43. The molecule has 4 aromatic rings. The maximum atomic E-state index is 12.8. The molecule has 5 rings (SSSR count). The van der Waals surface area contributed by atoms with Gasteiger partial charge in [0.15, 0.2) is 0 Å². The third kappa shape index (κ3) is 5.01. The van der Waals surface area contributed by atoms with Gasteiger partial charge in [0.05, 0.1) is 18.3 Å². The third-order valence-corrected chi connectivity index (χ3v) is 6.55. The van der Waals surface area contributed by atoms with E-state index < -0.39 is 0 Å². The summed E-state index contributed by atoms with van der Waals surface area (Å²) in [5.74, 6) is 1.42. The van der Waals surface area contributed by atoms with Crippen molar-refractivity contribution in [2.24, 2.45) is 5.92 Å². The molecule has 3 heterocycles. The highest BCUT2D eigenvalue weighted by Crippen LogP contribution is 2.20. The smallest absolute Gasteiger partial charge is 0.258 e. The predicted octanol–water partition coefficient (Wildman–Crippen LogP) is 4.50. The Labute approximate surface area is 194 Å². The second kappa shape index (κ2) is 9.63. The molecular weight excluding hydrogens is 412 g/mol. The van der Waals surface area contributed by atoms with Gasteiger partial charge in [-0.3, -0.25) is 14.0 Å². The van der Waals surface area contributed by atoms with Gasteiger partial charge in [0, 0.05) is 29.9 Å². The first-order chi connectivity index (χ1) is 16.2. The highest BCUT2D eigenvalue weighted by atomic mass is 16.5. The summed E-state index contributed by atoms with van der Waals surface area (Å²) in [5, 5.41) is 5.64. The Morgan fingerprint density at radius 1 is 1.00 bits per heavy atom. The molecule has 0 saturated carbocycles. The summed E-state index contributed by atoms with van der Waals surface area (Å²) in [6.07, 6.45) is 6.23. The molecule has 6 nitrogen and oxygen atoms in total. The molecule has 2 aromatic carbocycles. The zero-order valence-corrected chi connectivity index (χ0v) is 19.1. The molecule has 1 aliphatic heterocycles. The van der Waals surface area contributed by atoms with E-state index in [0.29, 0.717) is 12.4 Å². The van der Waals surface area contributed by atoms with Crippen molar-refractivity contribution in [2.45, 2.75) is 32.9 Å². The van der Waals surface area contributed by atoms with Crippen LogP contribution in [0.5, 0.6) is 5.75 Å². The van der Waals surface area contributed by atoms with Gasteiger partial charge < -0.3 is 9.64 Å². The largest absolute Gasteiger partial charge is 0.489 e. The normalized spacial score (nSPS) is 15.2. The lowest BCUT2D eigenvalue weighted by Crippen LogP contribution is -2.35. The molecule has 33 heavy (non-hydrogen) atoms. The number of likely N-dealkylation sites (tertiary alicyclic amines) is 1. The van der Waals surface area contributed by atoms with Crippen molar-refractivity contribution in [1.29, 1.82) is 0 Å². The van der Waals surface area contributed by atoms with Crippen LogP contribution in [0.15, 0.2) is 77.9 Å². The molecule has 6 heteroatoms. The summed E-state index contributed by atoms with van der Waals surface area (Å²) in [6, 6.07) is 19.4. The second-order valence-corrected chi connectivity index (χ2v) is 8.98. The number of pyridine rings is 1. The first-order valence-electron chi connectivity index (χ1n) is 11.7. The second-order valence-electron chi connectivity index (χ2n) is 8.98. The molecule has 0 atom stereocenters. The predicted molar refractivity (Wildman–Crippen MR) is 131 cm³/mol. The van der Waals surface area contributed by atoms with Gasteiger partial charge in [0.1, 0.15) is 12.4 Å². The van der Waals surface area contributed by atoms with Crippen molar-refractivity contribution in [3.63, 3.8) is 0 Å². The summed E-state index contributed by atoms with van der Waals surface area (Å²) in [7, 11) is 0. The Hall–Kier alpha value is -3.38. The SMILES string of the molecule is CC1CCN(CCn2ncc3cc(-n4ccc(OCc5ccccc5)cc4=O)ccc32)CC1. The molecule has 0 N–H and O–H groups in total. The summed E-state index contributed by atoms with van der Waals surface area (Å²) >= 11 is 0. The van der Waals surface area contributed by atoms with E-state index in [1.807, 2.05) is 54.7 Å². The van der Waals surface area contributed by atoms with E-state index >= 15 is 0 Å². The lowest BCUT2D eigenvalue weighted by molar-refractivity contribution is 0.185. The van der Waals surface area contributed by atoms with Crippen molar-refractivity contribution in [3.8, 4) is 11.4 Å². The van der Waals surface area contributed by atoms with E-state index in [1.54, 1.807) is 10.8 Å². The van der Waals surface area contributed by atoms with Gasteiger partial charge in [0.2, 0.25) is 0 Å². The van der Waals surface area contributed by atoms with Crippen LogP contribution < -0.4 is 10.3 Å². The minimum atomic E-state index is -0.119. The lowest BCUT2D eigenvalue weighted by atomic mass is 9.99. The van der Waals surface area contributed by atoms with E-state index in [2.05, 4.69) is 27.7 Å². The number of hydrogen-bond donors (Lipinski definition) is 0. The van der Waals surface area contributed by atoms with E-state index in [9.17, 15) is 4.79 Å². The fraction of sp³-hybridized carbons (Fsp3) is 0.333. The summed E-state index contributed by atoms with van der Waals surface area (Å²) in [4.78, 5) is 15.3. The van der Waals surface area contributed by atoms with E-state index in [1.165, 1.54) is 32.0 Å². The van der Waals surface area contributed by atoms with E-state index in [4.69, 9.17) is 4.74 Å².